The first-order valence-corrected chi connectivity index (χ1v) is 8.24. The number of ether oxygens (including phenoxy) is 1. The lowest BCUT2D eigenvalue weighted by Crippen LogP contribution is -2.16. The molecule has 0 N–H and O–H groups in total. The largest absolute Gasteiger partial charge is 0.481 e. The average Bonchev–Trinajstić information content (AvgIpc) is 3.22. The maximum Gasteiger partial charge on any atom is 0.144 e. The summed E-state index contributed by atoms with van der Waals surface area (Å²) in [4.78, 5) is 0. The summed E-state index contributed by atoms with van der Waals surface area (Å²) < 4.78 is 6.30. The first-order valence-electron chi connectivity index (χ1n) is 8.24. The van der Waals surface area contributed by atoms with E-state index in [1.54, 1.807) is 0 Å². The van der Waals surface area contributed by atoms with Crippen LogP contribution in [0.1, 0.15) is 0 Å². The Balaban J connectivity index is 1.63. The van der Waals surface area contributed by atoms with E-state index < -0.39 is 0 Å². The molecule has 1 unspecified atom stereocenters. The lowest BCUT2D eigenvalue weighted by atomic mass is 9.96. The van der Waals surface area contributed by atoms with Crippen LogP contribution in [-0.2, 0) is 4.74 Å². The summed E-state index contributed by atoms with van der Waals surface area (Å²) in [5, 5.41) is 0. The second-order valence-electron chi connectivity index (χ2n) is 6.17. The molecule has 0 bridgehead atoms. The van der Waals surface area contributed by atoms with E-state index in [1.807, 2.05) is 42.5 Å². The molecule has 0 spiro atoms. The summed E-state index contributed by atoms with van der Waals surface area (Å²) >= 11 is 0. The van der Waals surface area contributed by atoms with E-state index in [0.29, 0.717) is 0 Å². The van der Waals surface area contributed by atoms with Gasteiger partial charge in [0.15, 0.2) is 0 Å². The third kappa shape index (κ3) is 2.02. The minimum Gasteiger partial charge on any atom is -0.481 e. The molecule has 0 saturated carbocycles. The van der Waals surface area contributed by atoms with Crippen molar-refractivity contribution in [1.29, 1.82) is 0 Å². The number of hydrogen-bond acceptors (Lipinski definition) is 1. The van der Waals surface area contributed by atoms with Crippen molar-refractivity contribution in [3.05, 3.63) is 130 Å². The molecule has 1 aliphatic heterocycles. The molecule has 1 heteroatoms. The smallest absolute Gasteiger partial charge is 0.144 e. The van der Waals surface area contributed by atoms with Gasteiger partial charge in [-0.1, -0.05) is 66.8 Å². The van der Waals surface area contributed by atoms with Crippen LogP contribution in [0.5, 0.6) is 0 Å². The number of fused-ring (bicyclic) bond motifs is 5. The standard InChI is InChI=1S/C23H16O/c1-2-4-6-9-17-14-20-22(24-21(17)12-7-5-3-1)15-18-13-16-10-8-11-19(16)23(18)20/h1-15,22H/b3-1-,4-2-,7-5-,9-6-,21-12+. The SMILES string of the molecule is C1=CC2=CC3=CC4O/C5=C/C=C\C=C/C=C\C=C/C5=CC4=C3C2=C1. The average molecular weight is 308 g/mol. The predicted octanol–water partition coefficient (Wildman–Crippen LogP) is 5.11. The van der Waals surface area contributed by atoms with Crippen molar-refractivity contribution < 1.29 is 4.74 Å². The number of hydrogen-bond donors (Lipinski definition) is 0. The lowest BCUT2D eigenvalue weighted by Gasteiger charge is -2.24. The second-order valence-corrected chi connectivity index (χ2v) is 6.17. The Morgan fingerprint density at radius 2 is 1.46 bits per heavy atom. The molecule has 0 saturated heterocycles. The molecule has 5 rings (SSSR count). The highest BCUT2D eigenvalue weighted by Gasteiger charge is 2.35. The molecule has 0 amide bonds. The quantitative estimate of drug-likeness (QED) is 0.604. The third-order valence-corrected chi connectivity index (χ3v) is 4.68. The van der Waals surface area contributed by atoms with Crippen molar-refractivity contribution in [3.8, 4) is 0 Å². The Bertz CT molecular complexity index is 960. The topological polar surface area (TPSA) is 9.23 Å². The zero-order valence-corrected chi connectivity index (χ0v) is 13.1. The summed E-state index contributed by atoms with van der Waals surface area (Å²) in [6.45, 7) is 0. The lowest BCUT2D eigenvalue weighted by molar-refractivity contribution is 0.189. The Kier molecular flexibility index (Phi) is 2.92. The second kappa shape index (κ2) is 5.24. The van der Waals surface area contributed by atoms with Gasteiger partial charge in [-0.15, -0.1) is 0 Å². The van der Waals surface area contributed by atoms with E-state index in [1.165, 1.54) is 27.9 Å². The van der Waals surface area contributed by atoms with Gasteiger partial charge >= 0.3 is 0 Å². The fraction of sp³-hybridized carbons (Fsp3) is 0.0435. The highest BCUT2D eigenvalue weighted by Crippen LogP contribution is 2.47. The van der Waals surface area contributed by atoms with Crippen molar-refractivity contribution in [3.63, 3.8) is 0 Å². The van der Waals surface area contributed by atoms with Crippen molar-refractivity contribution in [2.45, 2.75) is 6.10 Å². The van der Waals surface area contributed by atoms with Crippen molar-refractivity contribution >= 4 is 0 Å². The van der Waals surface area contributed by atoms with Gasteiger partial charge in [0.1, 0.15) is 11.9 Å². The molecule has 0 radical (unpaired) electrons. The molecule has 0 aromatic rings. The van der Waals surface area contributed by atoms with Crippen LogP contribution in [0.15, 0.2) is 130 Å². The highest BCUT2D eigenvalue weighted by molar-refractivity contribution is 5.79. The molecule has 0 aromatic carbocycles. The van der Waals surface area contributed by atoms with Crippen LogP contribution >= 0.6 is 0 Å². The van der Waals surface area contributed by atoms with E-state index in [4.69, 9.17) is 4.74 Å². The molecule has 1 nitrogen and oxygen atoms in total. The summed E-state index contributed by atoms with van der Waals surface area (Å²) in [6.07, 6.45) is 31.6. The Labute approximate surface area is 141 Å². The molecule has 0 aromatic heterocycles. The van der Waals surface area contributed by atoms with Gasteiger partial charge in [0.05, 0.1) is 0 Å². The zero-order valence-electron chi connectivity index (χ0n) is 13.1. The first-order chi connectivity index (χ1) is 11.9. The maximum atomic E-state index is 6.30. The van der Waals surface area contributed by atoms with Crippen molar-refractivity contribution in [2.24, 2.45) is 0 Å². The fourth-order valence-corrected chi connectivity index (χ4v) is 3.62. The number of rotatable bonds is 0. The molecule has 1 atom stereocenters. The molecule has 5 aliphatic rings. The van der Waals surface area contributed by atoms with Gasteiger partial charge < -0.3 is 4.74 Å². The molecular weight excluding hydrogens is 292 g/mol. The summed E-state index contributed by atoms with van der Waals surface area (Å²) in [7, 11) is 0. The van der Waals surface area contributed by atoms with Gasteiger partial charge in [0.2, 0.25) is 0 Å². The van der Waals surface area contributed by atoms with E-state index in [9.17, 15) is 0 Å². The molecule has 1 heterocycles. The van der Waals surface area contributed by atoms with Crippen molar-refractivity contribution in [2.75, 3.05) is 0 Å². The number of allylic oxidation sites excluding steroid dienone is 17. The predicted molar refractivity (Wildman–Crippen MR) is 98.0 cm³/mol. The maximum absolute atomic E-state index is 6.30. The molecule has 4 aliphatic carbocycles. The van der Waals surface area contributed by atoms with E-state index in [2.05, 4.69) is 48.6 Å². The van der Waals surface area contributed by atoms with Gasteiger partial charge in [-0.25, -0.2) is 0 Å². The minimum absolute atomic E-state index is 0.0160. The van der Waals surface area contributed by atoms with Gasteiger partial charge in [-0.2, -0.15) is 0 Å². The van der Waals surface area contributed by atoms with Crippen LogP contribution < -0.4 is 0 Å². The normalized spacial score (nSPS) is 33.2. The van der Waals surface area contributed by atoms with Crippen LogP contribution in [0, 0.1) is 0 Å². The molecule has 24 heavy (non-hydrogen) atoms. The van der Waals surface area contributed by atoms with Gasteiger partial charge in [0.25, 0.3) is 0 Å². The minimum atomic E-state index is 0.0160. The Morgan fingerprint density at radius 1 is 0.667 bits per heavy atom. The van der Waals surface area contributed by atoms with E-state index >= 15 is 0 Å². The van der Waals surface area contributed by atoms with Crippen LogP contribution in [-0.4, -0.2) is 6.10 Å². The zero-order chi connectivity index (χ0) is 15.9. The summed E-state index contributed by atoms with van der Waals surface area (Å²) in [5.74, 6) is 0.917. The van der Waals surface area contributed by atoms with Gasteiger partial charge in [-0.3, -0.25) is 0 Å². The third-order valence-electron chi connectivity index (χ3n) is 4.68. The van der Waals surface area contributed by atoms with Gasteiger partial charge in [0, 0.05) is 11.1 Å². The molecular formula is C23H16O. The fourth-order valence-electron chi connectivity index (χ4n) is 3.62. The van der Waals surface area contributed by atoms with Crippen LogP contribution in [0.3, 0.4) is 0 Å². The van der Waals surface area contributed by atoms with Crippen LogP contribution in [0.2, 0.25) is 0 Å². The Hall–Kier alpha value is -3.06. The van der Waals surface area contributed by atoms with E-state index in [0.717, 1.165) is 11.3 Å². The Morgan fingerprint density at radius 3 is 2.38 bits per heavy atom. The van der Waals surface area contributed by atoms with Crippen LogP contribution in [0.4, 0.5) is 0 Å². The molecule has 0 fully saturated rings. The van der Waals surface area contributed by atoms with Gasteiger partial charge in [-0.05, 0) is 46.6 Å². The first kappa shape index (κ1) is 13.4. The van der Waals surface area contributed by atoms with E-state index in [-0.39, 0.29) is 6.10 Å². The molecule has 114 valence electrons. The monoisotopic (exact) mass is 308 g/mol. The summed E-state index contributed by atoms with van der Waals surface area (Å²) in [5.41, 5.74) is 7.65. The van der Waals surface area contributed by atoms with Crippen LogP contribution in [0.25, 0.3) is 0 Å². The summed E-state index contributed by atoms with van der Waals surface area (Å²) in [6, 6.07) is 0. The highest BCUT2D eigenvalue weighted by atomic mass is 16.5. The van der Waals surface area contributed by atoms with Crippen molar-refractivity contribution in [1.82, 2.24) is 0 Å².